The van der Waals surface area contributed by atoms with Crippen molar-refractivity contribution in [3.8, 4) is 0 Å². The Labute approximate surface area is 124 Å². The number of hydrogen-bond donors (Lipinski definition) is 3. The predicted octanol–water partition coefficient (Wildman–Crippen LogP) is 0.145. The van der Waals surface area contributed by atoms with Crippen molar-refractivity contribution in [1.29, 1.82) is 0 Å². The molecule has 0 saturated carbocycles. The molecular weight excluding hydrogens is 325 g/mol. The summed E-state index contributed by atoms with van der Waals surface area (Å²) in [5.74, 6) is -2.44. The Morgan fingerprint density at radius 3 is 2.67 bits per heavy atom. The van der Waals surface area contributed by atoms with E-state index < -0.39 is 43.6 Å². The number of anilines is 1. The minimum atomic E-state index is -4.35. The lowest BCUT2D eigenvalue weighted by molar-refractivity contribution is -0.134. The second-order valence-electron chi connectivity index (χ2n) is 4.44. The quantitative estimate of drug-likeness (QED) is 0.536. The van der Waals surface area contributed by atoms with Crippen LogP contribution in [0.2, 0.25) is 5.02 Å². The van der Waals surface area contributed by atoms with Gasteiger partial charge in [-0.15, -0.1) is 0 Å². The number of halogens is 2. The van der Waals surface area contributed by atoms with Crippen molar-refractivity contribution in [3.05, 3.63) is 23.0 Å². The van der Waals surface area contributed by atoms with E-state index in [1.54, 1.807) is 0 Å². The lowest BCUT2D eigenvalue weighted by Crippen LogP contribution is -2.52. The van der Waals surface area contributed by atoms with Gasteiger partial charge >= 0.3 is 0 Å². The van der Waals surface area contributed by atoms with Crippen LogP contribution in [0.15, 0.2) is 17.0 Å². The van der Waals surface area contributed by atoms with E-state index in [1.807, 2.05) is 10.0 Å². The van der Waals surface area contributed by atoms with Gasteiger partial charge in [0.1, 0.15) is 10.9 Å². The van der Waals surface area contributed by atoms with Gasteiger partial charge in [0.05, 0.1) is 5.02 Å². The van der Waals surface area contributed by atoms with Crippen LogP contribution in [0, 0.1) is 5.82 Å². The van der Waals surface area contributed by atoms with Gasteiger partial charge in [0.25, 0.3) is 0 Å². The number of imide groups is 1. The van der Waals surface area contributed by atoms with Crippen molar-refractivity contribution in [2.24, 2.45) is 0 Å². The van der Waals surface area contributed by atoms with Gasteiger partial charge in [0.2, 0.25) is 21.8 Å². The molecule has 2 rings (SSSR count). The first-order valence-electron chi connectivity index (χ1n) is 5.81. The zero-order valence-corrected chi connectivity index (χ0v) is 12.1. The molecule has 1 aromatic carbocycles. The third-order valence-electron chi connectivity index (χ3n) is 2.84. The first-order valence-corrected chi connectivity index (χ1v) is 7.67. The number of amides is 2. The van der Waals surface area contributed by atoms with Crippen LogP contribution in [0.4, 0.5) is 10.1 Å². The van der Waals surface area contributed by atoms with Crippen molar-refractivity contribution in [2.45, 2.75) is 23.8 Å². The molecule has 1 aliphatic heterocycles. The zero-order valence-electron chi connectivity index (χ0n) is 10.5. The Hall–Kier alpha value is -1.71. The van der Waals surface area contributed by atoms with Crippen LogP contribution in [0.1, 0.15) is 12.8 Å². The number of rotatable bonds is 3. The molecule has 1 fully saturated rings. The minimum Gasteiger partial charge on any atom is -0.399 e. The number of hydrogen-bond acceptors (Lipinski definition) is 5. The first kappa shape index (κ1) is 15.7. The van der Waals surface area contributed by atoms with E-state index in [0.717, 1.165) is 12.1 Å². The molecule has 7 nitrogen and oxygen atoms in total. The summed E-state index contributed by atoms with van der Waals surface area (Å²) in [5.41, 5.74) is 5.40. The first-order chi connectivity index (χ1) is 9.70. The van der Waals surface area contributed by atoms with Crippen LogP contribution < -0.4 is 15.8 Å². The van der Waals surface area contributed by atoms with Crippen LogP contribution >= 0.6 is 11.6 Å². The molecule has 0 aromatic heterocycles. The van der Waals surface area contributed by atoms with Crippen molar-refractivity contribution < 1.29 is 22.4 Å². The third kappa shape index (κ3) is 3.31. The minimum absolute atomic E-state index is 0.0123. The molecule has 0 radical (unpaired) electrons. The fraction of sp³-hybridized carbons (Fsp3) is 0.273. The number of nitrogens with two attached hydrogens (primary N) is 1. The van der Waals surface area contributed by atoms with Gasteiger partial charge in [-0.2, -0.15) is 4.72 Å². The molecule has 0 bridgehead atoms. The lowest BCUT2D eigenvalue weighted by atomic mass is 10.1. The van der Waals surface area contributed by atoms with Crippen molar-refractivity contribution in [3.63, 3.8) is 0 Å². The Kier molecular flexibility index (Phi) is 4.17. The highest BCUT2D eigenvalue weighted by atomic mass is 35.5. The molecule has 2 amide bonds. The molecule has 1 saturated heterocycles. The van der Waals surface area contributed by atoms with Gasteiger partial charge in [-0.05, 0) is 18.6 Å². The van der Waals surface area contributed by atoms with Gasteiger partial charge in [-0.25, -0.2) is 12.8 Å². The fourth-order valence-electron chi connectivity index (χ4n) is 1.84. The van der Waals surface area contributed by atoms with Gasteiger partial charge in [-0.1, -0.05) is 11.6 Å². The largest absolute Gasteiger partial charge is 0.399 e. The number of carbonyl (C=O) groups is 2. The molecule has 4 N–H and O–H groups in total. The Morgan fingerprint density at radius 2 is 2.05 bits per heavy atom. The second kappa shape index (κ2) is 5.58. The van der Waals surface area contributed by atoms with Crippen LogP contribution in [-0.4, -0.2) is 26.3 Å². The summed E-state index contributed by atoms with van der Waals surface area (Å²) in [6, 6.07) is 0.810. The summed E-state index contributed by atoms with van der Waals surface area (Å²) in [4.78, 5) is 21.8. The Morgan fingerprint density at radius 1 is 1.38 bits per heavy atom. The van der Waals surface area contributed by atoms with Crippen LogP contribution in [-0.2, 0) is 19.6 Å². The molecule has 10 heteroatoms. The summed E-state index contributed by atoms with van der Waals surface area (Å²) < 4.78 is 40.1. The molecule has 1 heterocycles. The summed E-state index contributed by atoms with van der Waals surface area (Å²) >= 11 is 5.54. The molecule has 0 spiro atoms. The molecule has 21 heavy (non-hydrogen) atoms. The zero-order chi connectivity index (χ0) is 15.8. The maximum Gasteiger partial charge on any atom is 0.244 e. The number of sulfonamides is 1. The standard InChI is InChI=1S/C11H11ClFN3O4S/c12-6-3-5(14)4-8(10(6)13)21(19,20)16-7-1-2-9(17)15-11(7)18/h3-4,7,16H,1-2,14H2,(H,15,17,18). The molecule has 1 aromatic rings. The summed E-state index contributed by atoms with van der Waals surface area (Å²) in [7, 11) is -4.35. The van der Waals surface area contributed by atoms with E-state index >= 15 is 0 Å². The number of piperidine rings is 1. The maximum absolute atomic E-state index is 13.8. The average Bonchev–Trinajstić information content (AvgIpc) is 2.37. The molecule has 114 valence electrons. The van der Waals surface area contributed by atoms with E-state index in [4.69, 9.17) is 17.3 Å². The normalized spacial score (nSPS) is 19.4. The maximum atomic E-state index is 13.8. The molecular formula is C11H11ClFN3O4S. The van der Waals surface area contributed by atoms with E-state index in [1.165, 1.54) is 0 Å². The summed E-state index contributed by atoms with van der Waals surface area (Å²) in [5, 5.41) is 1.55. The average molecular weight is 336 g/mol. The SMILES string of the molecule is Nc1cc(Cl)c(F)c(S(=O)(=O)NC2CCC(=O)NC2=O)c1. The highest BCUT2D eigenvalue weighted by Gasteiger charge is 2.32. The monoisotopic (exact) mass is 335 g/mol. The van der Waals surface area contributed by atoms with E-state index in [-0.39, 0.29) is 18.5 Å². The van der Waals surface area contributed by atoms with Crippen molar-refractivity contribution in [1.82, 2.24) is 10.0 Å². The van der Waals surface area contributed by atoms with Crippen LogP contribution in [0.3, 0.4) is 0 Å². The van der Waals surface area contributed by atoms with Gasteiger partial charge < -0.3 is 5.73 Å². The molecule has 0 aliphatic carbocycles. The van der Waals surface area contributed by atoms with Gasteiger partial charge in [0.15, 0.2) is 5.82 Å². The smallest absolute Gasteiger partial charge is 0.244 e. The number of benzene rings is 1. The fourth-order valence-corrected chi connectivity index (χ4v) is 3.48. The number of nitrogens with one attached hydrogen (secondary N) is 2. The summed E-state index contributed by atoms with van der Waals surface area (Å²) in [6.45, 7) is 0. The van der Waals surface area contributed by atoms with E-state index in [2.05, 4.69) is 0 Å². The van der Waals surface area contributed by atoms with Gasteiger partial charge in [-0.3, -0.25) is 14.9 Å². The van der Waals surface area contributed by atoms with Crippen LogP contribution in [0.5, 0.6) is 0 Å². The topological polar surface area (TPSA) is 118 Å². The summed E-state index contributed by atoms with van der Waals surface area (Å²) in [6.07, 6.45) is -0.0271. The number of carbonyl (C=O) groups excluding carboxylic acids is 2. The molecule has 1 atom stereocenters. The Balaban J connectivity index is 2.31. The number of nitrogen functional groups attached to an aromatic ring is 1. The van der Waals surface area contributed by atoms with Crippen LogP contribution in [0.25, 0.3) is 0 Å². The third-order valence-corrected chi connectivity index (χ3v) is 4.59. The van der Waals surface area contributed by atoms with Gasteiger partial charge in [0, 0.05) is 12.1 Å². The molecule has 1 aliphatic rings. The van der Waals surface area contributed by atoms with E-state index in [9.17, 15) is 22.4 Å². The van der Waals surface area contributed by atoms with E-state index in [0.29, 0.717) is 0 Å². The van der Waals surface area contributed by atoms with Crippen molar-refractivity contribution in [2.75, 3.05) is 5.73 Å². The Bertz CT molecular complexity index is 722. The van der Waals surface area contributed by atoms with Crippen molar-refractivity contribution >= 4 is 39.1 Å². The molecule has 1 unspecified atom stereocenters. The lowest BCUT2D eigenvalue weighted by Gasteiger charge is -2.22. The second-order valence-corrected chi connectivity index (χ2v) is 6.53. The highest BCUT2D eigenvalue weighted by Crippen LogP contribution is 2.26. The predicted molar refractivity (Wildman–Crippen MR) is 72.3 cm³/mol. The highest BCUT2D eigenvalue weighted by molar-refractivity contribution is 7.89.